The van der Waals surface area contributed by atoms with Gasteiger partial charge in [-0.15, -0.1) is 0 Å². The Hall–Kier alpha value is -2.10. The van der Waals surface area contributed by atoms with Gasteiger partial charge in [-0.3, -0.25) is 9.78 Å². The standard InChI is InChI=1S/C18H25N3O/c1-11(2)6-8-15-14(5)19-18(21-17(15)22)20-16-9-7-12(3)10-13(16)4/h7,9-11H,6,8H2,1-5H3,(H2,19,20,21,22). The summed E-state index contributed by atoms with van der Waals surface area (Å²) in [5.41, 5.74) is 4.86. The van der Waals surface area contributed by atoms with Crippen LogP contribution < -0.4 is 10.9 Å². The van der Waals surface area contributed by atoms with Gasteiger partial charge in [-0.25, -0.2) is 4.98 Å². The minimum Gasteiger partial charge on any atom is -0.325 e. The van der Waals surface area contributed by atoms with Crippen molar-refractivity contribution in [3.05, 3.63) is 50.9 Å². The van der Waals surface area contributed by atoms with Gasteiger partial charge in [0.15, 0.2) is 0 Å². The number of aryl methyl sites for hydroxylation is 3. The van der Waals surface area contributed by atoms with E-state index in [0.29, 0.717) is 11.9 Å². The van der Waals surface area contributed by atoms with E-state index < -0.39 is 0 Å². The Morgan fingerprint density at radius 3 is 2.55 bits per heavy atom. The molecule has 22 heavy (non-hydrogen) atoms. The lowest BCUT2D eigenvalue weighted by Crippen LogP contribution is -2.19. The molecule has 2 N–H and O–H groups in total. The highest BCUT2D eigenvalue weighted by atomic mass is 16.1. The molecule has 0 unspecified atom stereocenters. The van der Waals surface area contributed by atoms with Gasteiger partial charge in [0.1, 0.15) is 0 Å². The van der Waals surface area contributed by atoms with Crippen molar-refractivity contribution in [2.75, 3.05) is 5.32 Å². The van der Waals surface area contributed by atoms with E-state index in [9.17, 15) is 4.79 Å². The molecule has 4 nitrogen and oxygen atoms in total. The van der Waals surface area contributed by atoms with Crippen molar-refractivity contribution in [2.24, 2.45) is 5.92 Å². The van der Waals surface area contributed by atoms with Crippen LogP contribution in [0.5, 0.6) is 0 Å². The summed E-state index contributed by atoms with van der Waals surface area (Å²) in [5, 5.41) is 3.21. The van der Waals surface area contributed by atoms with Crippen LogP contribution in [0.25, 0.3) is 0 Å². The van der Waals surface area contributed by atoms with Crippen LogP contribution in [0.4, 0.5) is 11.6 Å². The number of anilines is 2. The fraction of sp³-hybridized carbons (Fsp3) is 0.444. The highest BCUT2D eigenvalue weighted by Gasteiger charge is 2.10. The highest BCUT2D eigenvalue weighted by Crippen LogP contribution is 2.19. The second-order valence-electron chi connectivity index (χ2n) is 6.35. The first-order valence-electron chi connectivity index (χ1n) is 7.81. The van der Waals surface area contributed by atoms with Crippen LogP contribution in [-0.2, 0) is 6.42 Å². The van der Waals surface area contributed by atoms with Gasteiger partial charge >= 0.3 is 0 Å². The molecule has 0 saturated carbocycles. The van der Waals surface area contributed by atoms with E-state index in [0.717, 1.165) is 35.3 Å². The molecule has 2 rings (SSSR count). The number of hydrogen-bond donors (Lipinski definition) is 2. The molecule has 2 aromatic rings. The smallest absolute Gasteiger partial charge is 0.255 e. The third-order valence-electron chi connectivity index (χ3n) is 3.83. The van der Waals surface area contributed by atoms with E-state index in [1.807, 2.05) is 26.0 Å². The van der Waals surface area contributed by atoms with Gasteiger partial charge in [-0.2, -0.15) is 0 Å². The summed E-state index contributed by atoms with van der Waals surface area (Å²) in [5.74, 6) is 1.08. The number of aromatic nitrogens is 2. The summed E-state index contributed by atoms with van der Waals surface area (Å²) < 4.78 is 0. The van der Waals surface area contributed by atoms with Crippen LogP contribution in [0.2, 0.25) is 0 Å². The Bertz CT molecular complexity index is 717. The number of benzene rings is 1. The van der Waals surface area contributed by atoms with Crippen LogP contribution in [-0.4, -0.2) is 9.97 Å². The van der Waals surface area contributed by atoms with Crippen LogP contribution in [0.15, 0.2) is 23.0 Å². The van der Waals surface area contributed by atoms with E-state index in [1.165, 1.54) is 5.56 Å². The molecule has 118 valence electrons. The molecule has 0 aliphatic rings. The van der Waals surface area contributed by atoms with Gasteiger partial charge in [0.2, 0.25) is 5.95 Å². The predicted molar refractivity (Wildman–Crippen MR) is 92.0 cm³/mol. The summed E-state index contributed by atoms with van der Waals surface area (Å²) in [6, 6.07) is 6.15. The van der Waals surface area contributed by atoms with Crippen LogP contribution in [0.3, 0.4) is 0 Å². The molecular weight excluding hydrogens is 274 g/mol. The molecule has 1 aromatic carbocycles. The van der Waals surface area contributed by atoms with Crippen molar-refractivity contribution in [3.8, 4) is 0 Å². The van der Waals surface area contributed by atoms with Gasteiger partial charge in [-0.05, 0) is 51.2 Å². The monoisotopic (exact) mass is 299 g/mol. The molecule has 0 saturated heterocycles. The van der Waals surface area contributed by atoms with E-state index in [4.69, 9.17) is 0 Å². The highest BCUT2D eigenvalue weighted by molar-refractivity contribution is 5.58. The predicted octanol–water partition coefficient (Wildman–Crippen LogP) is 4.03. The minimum absolute atomic E-state index is 0.0413. The maximum absolute atomic E-state index is 12.3. The number of hydrogen-bond acceptors (Lipinski definition) is 3. The zero-order chi connectivity index (χ0) is 16.3. The second-order valence-corrected chi connectivity index (χ2v) is 6.35. The van der Waals surface area contributed by atoms with Crippen LogP contribution in [0, 0.1) is 26.7 Å². The fourth-order valence-corrected chi connectivity index (χ4v) is 2.48. The maximum Gasteiger partial charge on any atom is 0.255 e. The van der Waals surface area contributed by atoms with Gasteiger partial charge in [-0.1, -0.05) is 31.5 Å². The molecule has 0 amide bonds. The van der Waals surface area contributed by atoms with Crippen molar-refractivity contribution in [3.63, 3.8) is 0 Å². The van der Waals surface area contributed by atoms with Crippen molar-refractivity contribution < 1.29 is 0 Å². The average Bonchev–Trinajstić information content (AvgIpc) is 2.40. The molecule has 0 atom stereocenters. The second kappa shape index (κ2) is 6.77. The third kappa shape index (κ3) is 3.97. The molecule has 0 aliphatic carbocycles. The number of rotatable bonds is 5. The third-order valence-corrected chi connectivity index (χ3v) is 3.83. The molecular formula is C18H25N3O. The first kappa shape index (κ1) is 16.3. The molecule has 1 heterocycles. The van der Waals surface area contributed by atoms with Gasteiger partial charge in [0, 0.05) is 16.9 Å². The van der Waals surface area contributed by atoms with E-state index in [2.05, 4.69) is 42.1 Å². The maximum atomic E-state index is 12.3. The summed E-state index contributed by atoms with van der Waals surface area (Å²) in [4.78, 5) is 19.6. The van der Waals surface area contributed by atoms with Gasteiger partial charge in [0.25, 0.3) is 5.56 Å². The normalized spacial score (nSPS) is 11.0. The molecule has 0 spiro atoms. The van der Waals surface area contributed by atoms with Crippen molar-refractivity contribution in [2.45, 2.75) is 47.5 Å². The minimum atomic E-state index is -0.0413. The number of nitrogens with zero attached hydrogens (tertiary/aromatic N) is 1. The van der Waals surface area contributed by atoms with Gasteiger partial charge in [0.05, 0.1) is 0 Å². The Morgan fingerprint density at radius 1 is 1.23 bits per heavy atom. The Balaban J connectivity index is 2.24. The lowest BCUT2D eigenvalue weighted by molar-refractivity contribution is 0.582. The van der Waals surface area contributed by atoms with Crippen molar-refractivity contribution in [1.29, 1.82) is 0 Å². The lowest BCUT2D eigenvalue weighted by atomic mass is 10.0. The summed E-state index contributed by atoms with van der Waals surface area (Å²) in [6.45, 7) is 10.3. The number of nitrogens with one attached hydrogen (secondary N) is 2. The number of H-pyrrole nitrogens is 1. The van der Waals surface area contributed by atoms with Crippen LogP contribution in [0.1, 0.15) is 42.7 Å². The molecule has 0 aliphatic heterocycles. The molecule has 4 heteroatoms. The summed E-state index contributed by atoms with van der Waals surface area (Å²) in [6.07, 6.45) is 1.77. The molecule has 1 aromatic heterocycles. The zero-order valence-electron chi connectivity index (χ0n) is 14.1. The topological polar surface area (TPSA) is 57.8 Å². The first-order valence-corrected chi connectivity index (χ1v) is 7.81. The van der Waals surface area contributed by atoms with Gasteiger partial charge < -0.3 is 5.32 Å². The lowest BCUT2D eigenvalue weighted by Gasteiger charge is -2.12. The fourth-order valence-electron chi connectivity index (χ4n) is 2.48. The van der Waals surface area contributed by atoms with Crippen molar-refractivity contribution >= 4 is 11.6 Å². The van der Waals surface area contributed by atoms with E-state index in [-0.39, 0.29) is 5.56 Å². The zero-order valence-corrected chi connectivity index (χ0v) is 14.1. The van der Waals surface area contributed by atoms with E-state index >= 15 is 0 Å². The largest absolute Gasteiger partial charge is 0.325 e. The Labute approximate surface area is 132 Å². The first-order chi connectivity index (χ1) is 10.4. The average molecular weight is 299 g/mol. The molecule has 0 bridgehead atoms. The molecule has 0 fully saturated rings. The Kier molecular flexibility index (Phi) is 5.01. The summed E-state index contributed by atoms with van der Waals surface area (Å²) in [7, 11) is 0. The summed E-state index contributed by atoms with van der Waals surface area (Å²) >= 11 is 0. The quantitative estimate of drug-likeness (QED) is 0.876. The SMILES string of the molecule is Cc1ccc(Nc2nc(C)c(CCC(C)C)c(=O)[nH]2)c(C)c1. The number of aromatic amines is 1. The van der Waals surface area contributed by atoms with Crippen LogP contribution >= 0.6 is 0 Å². The van der Waals surface area contributed by atoms with E-state index in [1.54, 1.807) is 0 Å². The Morgan fingerprint density at radius 2 is 1.95 bits per heavy atom. The van der Waals surface area contributed by atoms with Crippen molar-refractivity contribution in [1.82, 2.24) is 9.97 Å². The molecule has 0 radical (unpaired) electrons.